The summed E-state index contributed by atoms with van der Waals surface area (Å²) in [7, 11) is 1.36. The maximum Gasteiger partial charge on any atom is 0.330 e. The minimum Gasteiger partial charge on any atom is -0.466 e. The van der Waals surface area contributed by atoms with Crippen LogP contribution in [-0.4, -0.2) is 31.4 Å². The Morgan fingerprint density at radius 1 is 0.867 bits per heavy atom. The first-order valence-corrected chi connectivity index (χ1v) is 9.82. The van der Waals surface area contributed by atoms with Crippen molar-refractivity contribution in [3.8, 4) is 0 Å². The molecule has 0 aromatic heterocycles. The highest BCUT2D eigenvalue weighted by Crippen LogP contribution is 2.14. The van der Waals surface area contributed by atoms with Gasteiger partial charge < -0.3 is 9.47 Å². The number of esters is 1. The van der Waals surface area contributed by atoms with Gasteiger partial charge in [-0.25, -0.2) is 4.79 Å². The summed E-state index contributed by atoms with van der Waals surface area (Å²) in [5, 5.41) is 0. The maximum absolute atomic E-state index is 11.6. The molecule has 0 radical (unpaired) electrons. The molecule has 30 heavy (non-hydrogen) atoms. The van der Waals surface area contributed by atoms with Gasteiger partial charge in [0.1, 0.15) is 0 Å². The number of nitrogens with zero attached hydrogens (tertiary/aromatic N) is 1. The standard InChI is InChI=1S/C26H25NO3/c1-29-25(28)18-17-24(20-30-19-21-11-5-2-6-12-21)27-26(22-13-7-3-8-14-22)23-15-9-4-10-16-23/h2-18,24H,19-20H2,1H3. The lowest BCUT2D eigenvalue weighted by molar-refractivity contribution is -0.134. The second-order valence-corrected chi connectivity index (χ2v) is 6.66. The SMILES string of the molecule is COC(=O)C=CC(COCc1ccccc1)N=C(c1ccccc1)c1ccccc1. The highest BCUT2D eigenvalue weighted by Gasteiger charge is 2.11. The summed E-state index contributed by atoms with van der Waals surface area (Å²) >= 11 is 0. The molecule has 0 spiro atoms. The third kappa shape index (κ3) is 6.54. The van der Waals surface area contributed by atoms with E-state index in [0.717, 1.165) is 22.4 Å². The minimum atomic E-state index is -0.417. The van der Waals surface area contributed by atoms with Gasteiger partial charge >= 0.3 is 5.97 Å². The highest BCUT2D eigenvalue weighted by atomic mass is 16.5. The lowest BCUT2D eigenvalue weighted by atomic mass is 10.0. The Kier molecular flexibility index (Phi) is 8.12. The van der Waals surface area contributed by atoms with E-state index in [1.165, 1.54) is 13.2 Å². The van der Waals surface area contributed by atoms with Gasteiger partial charge in [0.25, 0.3) is 0 Å². The Balaban J connectivity index is 1.87. The van der Waals surface area contributed by atoms with Crippen molar-refractivity contribution in [1.82, 2.24) is 0 Å². The molecule has 0 amide bonds. The molecule has 0 N–H and O–H groups in total. The predicted molar refractivity (Wildman–Crippen MR) is 120 cm³/mol. The van der Waals surface area contributed by atoms with Crippen molar-refractivity contribution < 1.29 is 14.3 Å². The van der Waals surface area contributed by atoms with Crippen LogP contribution in [0.2, 0.25) is 0 Å². The molecule has 0 bridgehead atoms. The molecule has 0 saturated carbocycles. The summed E-state index contributed by atoms with van der Waals surface area (Å²) in [6.07, 6.45) is 3.12. The Morgan fingerprint density at radius 3 is 1.93 bits per heavy atom. The molecule has 3 rings (SSSR count). The maximum atomic E-state index is 11.6. The van der Waals surface area contributed by atoms with Crippen molar-refractivity contribution in [2.45, 2.75) is 12.6 Å². The zero-order valence-corrected chi connectivity index (χ0v) is 17.0. The van der Waals surface area contributed by atoms with Crippen molar-refractivity contribution in [2.24, 2.45) is 4.99 Å². The van der Waals surface area contributed by atoms with Gasteiger partial charge in [-0.3, -0.25) is 4.99 Å². The summed E-state index contributed by atoms with van der Waals surface area (Å²) in [5.41, 5.74) is 3.94. The van der Waals surface area contributed by atoms with Crippen LogP contribution in [0.4, 0.5) is 0 Å². The minimum absolute atomic E-state index is 0.339. The monoisotopic (exact) mass is 399 g/mol. The van der Waals surface area contributed by atoms with Crippen molar-refractivity contribution in [3.63, 3.8) is 0 Å². The molecular weight excluding hydrogens is 374 g/mol. The van der Waals surface area contributed by atoms with Gasteiger partial charge in [-0.1, -0.05) is 97.1 Å². The number of ether oxygens (including phenoxy) is 2. The van der Waals surface area contributed by atoms with Crippen molar-refractivity contribution in [2.75, 3.05) is 13.7 Å². The molecule has 4 heteroatoms. The van der Waals surface area contributed by atoms with Crippen LogP contribution < -0.4 is 0 Å². The molecule has 1 atom stereocenters. The number of methoxy groups -OCH3 is 1. The first-order valence-electron chi connectivity index (χ1n) is 9.82. The van der Waals surface area contributed by atoms with E-state index in [1.807, 2.05) is 91.0 Å². The molecule has 0 fully saturated rings. The lowest BCUT2D eigenvalue weighted by Gasteiger charge is -2.14. The fourth-order valence-corrected chi connectivity index (χ4v) is 2.94. The summed E-state index contributed by atoms with van der Waals surface area (Å²) in [5.74, 6) is -0.417. The number of hydrogen-bond acceptors (Lipinski definition) is 4. The van der Waals surface area contributed by atoms with Crippen LogP contribution in [0.25, 0.3) is 0 Å². The van der Waals surface area contributed by atoms with Crippen molar-refractivity contribution >= 4 is 11.7 Å². The van der Waals surface area contributed by atoms with E-state index in [-0.39, 0.29) is 6.04 Å². The first-order chi connectivity index (χ1) is 14.8. The van der Waals surface area contributed by atoms with Crippen LogP contribution in [0.15, 0.2) is 108 Å². The summed E-state index contributed by atoms with van der Waals surface area (Å²) in [4.78, 5) is 16.6. The molecule has 0 heterocycles. The lowest BCUT2D eigenvalue weighted by Crippen LogP contribution is -2.16. The molecule has 152 valence electrons. The largest absolute Gasteiger partial charge is 0.466 e. The average molecular weight is 399 g/mol. The number of carbonyl (C=O) groups excluding carboxylic acids is 1. The van der Waals surface area contributed by atoms with Gasteiger partial charge in [-0.2, -0.15) is 0 Å². The normalized spacial score (nSPS) is 11.8. The fraction of sp³-hybridized carbons (Fsp3) is 0.154. The first kappa shape index (κ1) is 21.2. The topological polar surface area (TPSA) is 47.9 Å². The number of rotatable bonds is 9. The molecule has 3 aromatic rings. The van der Waals surface area contributed by atoms with E-state index in [2.05, 4.69) is 0 Å². The van der Waals surface area contributed by atoms with Crippen molar-refractivity contribution in [3.05, 3.63) is 120 Å². The second kappa shape index (κ2) is 11.5. The van der Waals surface area contributed by atoms with Crippen LogP contribution in [0.1, 0.15) is 16.7 Å². The van der Waals surface area contributed by atoms with Crippen LogP contribution in [0.3, 0.4) is 0 Å². The smallest absolute Gasteiger partial charge is 0.330 e. The van der Waals surface area contributed by atoms with E-state index in [1.54, 1.807) is 6.08 Å². The molecule has 0 saturated heterocycles. The zero-order valence-electron chi connectivity index (χ0n) is 17.0. The van der Waals surface area contributed by atoms with Gasteiger partial charge in [0.2, 0.25) is 0 Å². The van der Waals surface area contributed by atoms with E-state index in [4.69, 9.17) is 14.5 Å². The Bertz CT molecular complexity index is 925. The summed E-state index contributed by atoms with van der Waals surface area (Å²) in [6, 6.07) is 29.6. The predicted octanol–water partition coefficient (Wildman–Crippen LogP) is 4.84. The van der Waals surface area contributed by atoms with E-state index < -0.39 is 5.97 Å². The highest BCUT2D eigenvalue weighted by molar-refractivity contribution is 6.13. The third-order valence-electron chi connectivity index (χ3n) is 4.45. The third-order valence-corrected chi connectivity index (χ3v) is 4.45. The van der Waals surface area contributed by atoms with Gasteiger partial charge in [0.15, 0.2) is 0 Å². The molecular formula is C26H25NO3. The second-order valence-electron chi connectivity index (χ2n) is 6.66. The summed E-state index contributed by atoms with van der Waals surface area (Å²) < 4.78 is 10.6. The van der Waals surface area contributed by atoms with Gasteiger partial charge in [0, 0.05) is 17.2 Å². The molecule has 4 nitrogen and oxygen atoms in total. The molecule has 3 aromatic carbocycles. The number of hydrogen-bond donors (Lipinski definition) is 0. The van der Waals surface area contributed by atoms with E-state index >= 15 is 0 Å². The Hall–Kier alpha value is -3.50. The number of aliphatic imine (C=N–C) groups is 1. The van der Waals surface area contributed by atoms with E-state index in [9.17, 15) is 4.79 Å². The van der Waals surface area contributed by atoms with E-state index in [0.29, 0.717) is 13.2 Å². The van der Waals surface area contributed by atoms with Crippen LogP contribution >= 0.6 is 0 Å². The van der Waals surface area contributed by atoms with Crippen LogP contribution in [0, 0.1) is 0 Å². The molecule has 0 aliphatic heterocycles. The van der Waals surface area contributed by atoms with Gasteiger partial charge in [-0.05, 0) is 5.56 Å². The molecule has 1 unspecified atom stereocenters. The van der Waals surface area contributed by atoms with Crippen LogP contribution in [0.5, 0.6) is 0 Å². The van der Waals surface area contributed by atoms with Crippen LogP contribution in [-0.2, 0) is 20.9 Å². The average Bonchev–Trinajstić information content (AvgIpc) is 2.82. The quantitative estimate of drug-likeness (QED) is 0.294. The number of benzene rings is 3. The number of carbonyl (C=O) groups is 1. The fourth-order valence-electron chi connectivity index (χ4n) is 2.94. The Morgan fingerprint density at radius 2 is 1.40 bits per heavy atom. The Labute approximate surface area is 177 Å². The molecule has 0 aliphatic rings. The van der Waals surface area contributed by atoms with Gasteiger partial charge in [0.05, 0.1) is 32.1 Å². The molecule has 0 aliphatic carbocycles. The van der Waals surface area contributed by atoms with Crippen molar-refractivity contribution in [1.29, 1.82) is 0 Å². The van der Waals surface area contributed by atoms with Gasteiger partial charge in [-0.15, -0.1) is 0 Å². The zero-order chi connectivity index (χ0) is 21.0. The summed E-state index contributed by atoms with van der Waals surface area (Å²) in [6.45, 7) is 0.816.